The molecule has 5 nitrogen and oxygen atoms in total. The first-order valence-electron chi connectivity index (χ1n) is 6.10. The van der Waals surface area contributed by atoms with Crippen molar-refractivity contribution in [1.29, 1.82) is 0 Å². The fourth-order valence-corrected chi connectivity index (χ4v) is 3.93. The van der Waals surface area contributed by atoms with Crippen LogP contribution in [0.3, 0.4) is 0 Å². The topological polar surface area (TPSA) is 66.5 Å². The number of fused-ring (bicyclic) bond motifs is 1. The van der Waals surface area contributed by atoms with E-state index < -0.39 is 11.9 Å². The second kappa shape index (κ2) is 4.96. The summed E-state index contributed by atoms with van der Waals surface area (Å²) in [5.74, 6) is -0.839. The molecular weight excluding hydrogens is 392 g/mol. The van der Waals surface area contributed by atoms with E-state index >= 15 is 0 Å². The highest BCUT2D eigenvalue weighted by molar-refractivity contribution is 9.11. The normalized spacial score (nSPS) is 22.0. The van der Waals surface area contributed by atoms with Gasteiger partial charge in [-0.2, -0.15) is 0 Å². The molecule has 0 aromatic heterocycles. The van der Waals surface area contributed by atoms with Crippen molar-refractivity contribution in [2.45, 2.75) is 25.4 Å². The summed E-state index contributed by atoms with van der Waals surface area (Å²) in [4.78, 5) is 37.1. The van der Waals surface area contributed by atoms with E-state index in [9.17, 15) is 14.4 Å². The average Bonchev–Trinajstić information content (AvgIpc) is 2.68. The number of imide groups is 1. The van der Waals surface area contributed by atoms with Crippen LogP contribution in [0.5, 0.6) is 0 Å². The molecule has 1 aromatic carbocycles. The molecule has 20 heavy (non-hydrogen) atoms. The SMILES string of the molecule is O=C1CCC(N2Cc3c(Br)cc(Br)cc3C2=O)C(=O)N1. The Bertz CT molecular complexity index is 645. The molecule has 0 bridgehead atoms. The molecule has 2 aliphatic heterocycles. The fourth-order valence-electron chi connectivity index (χ4n) is 2.58. The Labute approximate surface area is 132 Å². The van der Waals surface area contributed by atoms with Crippen LogP contribution in [0.15, 0.2) is 21.1 Å². The summed E-state index contributed by atoms with van der Waals surface area (Å²) in [6.07, 6.45) is 0.643. The van der Waals surface area contributed by atoms with Gasteiger partial charge in [-0.3, -0.25) is 19.7 Å². The van der Waals surface area contributed by atoms with Crippen LogP contribution in [0.4, 0.5) is 0 Å². The van der Waals surface area contributed by atoms with Gasteiger partial charge in [0.2, 0.25) is 11.8 Å². The predicted molar refractivity (Wildman–Crippen MR) is 77.9 cm³/mol. The van der Waals surface area contributed by atoms with Gasteiger partial charge in [0.25, 0.3) is 5.91 Å². The zero-order valence-electron chi connectivity index (χ0n) is 10.3. The van der Waals surface area contributed by atoms with Gasteiger partial charge < -0.3 is 4.90 Å². The lowest BCUT2D eigenvalue weighted by atomic mass is 10.0. The number of hydrogen-bond donors (Lipinski definition) is 1. The van der Waals surface area contributed by atoms with Crippen molar-refractivity contribution in [2.75, 3.05) is 0 Å². The molecule has 7 heteroatoms. The van der Waals surface area contributed by atoms with E-state index in [1.807, 2.05) is 6.07 Å². The predicted octanol–water partition coefficient (Wildman–Crippen LogP) is 1.97. The number of piperidine rings is 1. The Morgan fingerprint density at radius 2 is 1.95 bits per heavy atom. The van der Waals surface area contributed by atoms with Gasteiger partial charge in [-0.25, -0.2) is 0 Å². The number of carbonyl (C=O) groups is 3. The van der Waals surface area contributed by atoms with Gasteiger partial charge in [0.05, 0.1) is 0 Å². The first-order valence-corrected chi connectivity index (χ1v) is 7.68. The van der Waals surface area contributed by atoms with Crippen LogP contribution in [0.1, 0.15) is 28.8 Å². The highest BCUT2D eigenvalue weighted by Crippen LogP contribution is 2.34. The lowest BCUT2D eigenvalue weighted by Crippen LogP contribution is -2.52. The van der Waals surface area contributed by atoms with E-state index in [0.29, 0.717) is 18.5 Å². The van der Waals surface area contributed by atoms with Gasteiger partial charge in [0, 0.05) is 27.5 Å². The molecule has 1 atom stereocenters. The molecule has 0 radical (unpaired) electrons. The zero-order chi connectivity index (χ0) is 14.4. The van der Waals surface area contributed by atoms with Crippen molar-refractivity contribution in [3.8, 4) is 0 Å². The van der Waals surface area contributed by atoms with E-state index in [1.54, 1.807) is 6.07 Å². The van der Waals surface area contributed by atoms with E-state index in [4.69, 9.17) is 0 Å². The maximum absolute atomic E-state index is 12.4. The summed E-state index contributed by atoms with van der Waals surface area (Å²) in [6, 6.07) is 3.06. The zero-order valence-corrected chi connectivity index (χ0v) is 13.5. The van der Waals surface area contributed by atoms with Gasteiger partial charge in [-0.15, -0.1) is 0 Å². The molecule has 0 aliphatic carbocycles. The number of rotatable bonds is 1. The average molecular weight is 402 g/mol. The van der Waals surface area contributed by atoms with Crippen LogP contribution >= 0.6 is 31.9 Å². The lowest BCUT2D eigenvalue weighted by Gasteiger charge is -2.29. The number of carbonyl (C=O) groups excluding carboxylic acids is 3. The summed E-state index contributed by atoms with van der Waals surface area (Å²) in [5.41, 5.74) is 1.47. The number of hydrogen-bond acceptors (Lipinski definition) is 3. The first kappa shape index (κ1) is 13.8. The third kappa shape index (κ3) is 2.18. The number of nitrogens with one attached hydrogen (secondary N) is 1. The minimum atomic E-state index is -0.571. The van der Waals surface area contributed by atoms with Crippen molar-refractivity contribution in [3.63, 3.8) is 0 Å². The minimum absolute atomic E-state index is 0.170. The summed E-state index contributed by atoms with van der Waals surface area (Å²) in [7, 11) is 0. The highest BCUT2D eigenvalue weighted by Gasteiger charge is 2.39. The Morgan fingerprint density at radius 3 is 2.65 bits per heavy atom. The van der Waals surface area contributed by atoms with Crippen molar-refractivity contribution in [2.24, 2.45) is 0 Å². The van der Waals surface area contributed by atoms with Gasteiger partial charge in [0.15, 0.2) is 0 Å². The first-order chi connectivity index (χ1) is 9.47. The molecule has 2 aliphatic rings. The van der Waals surface area contributed by atoms with Crippen LogP contribution in [0, 0.1) is 0 Å². The smallest absolute Gasteiger partial charge is 0.255 e. The summed E-state index contributed by atoms with van der Waals surface area (Å²) in [6.45, 7) is 0.383. The van der Waals surface area contributed by atoms with Crippen LogP contribution in [0.2, 0.25) is 0 Å². The standard InChI is InChI=1S/C13H10Br2N2O3/c14-6-3-7-8(9(15)4-6)5-17(13(7)20)10-1-2-11(18)16-12(10)19/h3-4,10H,1-2,5H2,(H,16,18,19). The number of amides is 3. The number of benzene rings is 1. The Hall–Kier alpha value is -1.21. The monoisotopic (exact) mass is 400 g/mol. The second-order valence-electron chi connectivity index (χ2n) is 4.81. The molecule has 1 fully saturated rings. The Balaban J connectivity index is 1.92. The number of nitrogens with zero attached hydrogens (tertiary/aromatic N) is 1. The highest BCUT2D eigenvalue weighted by atomic mass is 79.9. The molecule has 3 amide bonds. The minimum Gasteiger partial charge on any atom is -0.322 e. The van der Waals surface area contributed by atoms with E-state index in [1.165, 1.54) is 4.90 Å². The summed E-state index contributed by atoms with van der Waals surface area (Å²) in [5, 5.41) is 2.29. The van der Waals surface area contributed by atoms with Crippen molar-refractivity contribution >= 4 is 49.6 Å². The van der Waals surface area contributed by atoms with Gasteiger partial charge in [-0.05, 0) is 24.1 Å². The van der Waals surface area contributed by atoms with Gasteiger partial charge >= 0.3 is 0 Å². The molecule has 2 heterocycles. The fraction of sp³-hybridized carbons (Fsp3) is 0.308. The molecule has 1 saturated heterocycles. The van der Waals surface area contributed by atoms with Gasteiger partial charge in [0.1, 0.15) is 6.04 Å². The lowest BCUT2D eigenvalue weighted by molar-refractivity contribution is -0.136. The molecule has 104 valence electrons. The van der Waals surface area contributed by atoms with E-state index in [-0.39, 0.29) is 18.2 Å². The molecule has 1 unspecified atom stereocenters. The quantitative estimate of drug-likeness (QED) is 0.731. The number of halogens is 2. The molecular formula is C13H10Br2N2O3. The van der Waals surface area contributed by atoms with Crippen LogP contribution < -0.4 is 5.32 Å². The van der Waals surface area contributed by atoms with E-state index in [0.717, 1.165) is 14.5 Å². The largest absolute Gasteiger partial charge is 0.322 e. The second-order valence-corrected chi connectivity index (χ2v) is 6.58. The molecule has 0 saturated carbocycles. The summed E-state index contributed by atoms with van der Waals surface area (Å²) < 4.78 is 1.65. The third-order valence-corrected chi connectivity index (χ3v) is 4.73. The van der Waals surface area contributed by atoms with E-state index in [2.05, 4.69) is 37.2 Å². The summed E-state index contributed by atoms with van der Waals surface area (Å²) >= 11 is 6.79. The molecule has 1 aromatic rings. The van der Waals surface area contributed by atoms with Crippen molar-refractivity contribution in [3.05, 3.63) is 32.2 Å². The van der Waals surface area contributed by atoms with Crippen LogP contribution in [-0.4, -0.2) is 28.7 Å². The molecule has 3 rings (SSSR count). The maximum Gasteiger partial charge on any atom is 0.255 e. The van der Waals surface area contributed by atoms with Crippen molar-refractivity contribution < 1.29 is 14.4 Å². The van der Waals surface area contributed by atoms with Crippen LogP contribution in [0.25, 0.3) is 0 Å². The van der Waals surface area contributed by atoms with Crippen molar-refractivity contribution in [1.82, 2.24) is 10.2 Å². The molecule has 1 N–H and O–H groups in total. The third-order valence-electron chi connectivity index (χ3n) is 3.57. The maximum atomic E-state index is 12.4. The Kier molecular flexibility index (Phi) is 3.41. The van der Waals surface area contributed by atoms with Gasteiger partial charge in [-0.1, -0.05) is 31.9 Å². The Morgan fingerprint density at radius 1 is 1.20 bits per heavy atom. The molecule has 0 spiro atoms. The van der Waals surface area contributed by atoms with Crippen LogP contribution in [-0.2, 0) is 16.1 Å².